The predicted molar refractivity (Wildman–Crippen MR) is 80.3 cm³/mol. The van der Waals surface area contributed by atoms with Crippen LogP contribution >= 0.6 is 0 Å². The first-order valence-electron chi connectivity index (χ1n) is 7.03. The van der Waals surface area contributed by atoms with E-state index in [0.717, 1.165) is 25.2 Å². The molecule has 0 aliphatic rings. The maximum Gasteiger partial charge on any atom is 0.0958 e. The molecule has 1 unspecified atom stereocenters. The second kappa shape index (κ2) is 6.68. The fourth-order valence-electron chi connectivity index (χ4n) is 2.10. The van der Waals surface area contributed by atoms with Gasteiger partial charge >= 0.3 is 0 Å². The third-order valence-electron chi connectivity index (χ3n) is 3.21. The molecule has 0 aliphatic heterocycles. The molecule has 1 atom stereocenters. The molecule has 1 aromatic carbocycles. The molecule has 19 heavy (non-hydrogen) atoms. The number of imidazole rings is 1. The van der Waals surface area contributed by atoms with Crippen molar-refractivity contribution in [2.24, 2.45) is 0 Å². The molecule has 4 heteroatoms. The first-order chi connectivity index (χ1) is 9.16. The van der Waals surface area contributed by atoms with Gasteiger partial charge in [0.15, 0.2) is 0 Å². The van der Waals surface area contributed by atoms with Crippen LogP contribution in [0.25, 0.3) is 11.0 Å². The Bertz CT molecular complexity index is 504. The van der Waals surface area contributed by atoms with Crippen molar-refractivity contribution < 1.29 is 0 Å². The van der Waals surface area contributed by atoms with Crippen molar-refractivity contribution >= 4 is 11.0 Å². The van der Waals surface area contributed by atoms with Crippen LogP contribution in [0.15, 0.2) is 30.6 Å². The molecule has 0 spiro atoms. The normalized spacial score (nSPS) is 13.3. The predicted octanol–water partition coefficient (Wildman–Crippen LogP) is 2.01. The molecule has 0 aliphatic carbocycles. The summed E-state index contributed by atoms with van der Waals surface area (Å²) >= 11 is 0. The molecule has 0 bridgehead atoms. The van der Waals surface area contributed by atoms with Crippen molar-refractivity contribution in [1.29, 1.82) is 0 Å². The van der Waals surface area contributed by atoms with E-state index in [9.17, 15) is 0 Å². The van der Waals surface area contributed by atoms with E-state index in [0.29, 0.717) is 12.1 Å². The SMILES string of the molecule is CC(C)NCC(C)NCCn1cnc2ccccc21. The third-order valence-corrected chi connectivity index (χ3v) is 3.21. The standard InChI is InChI=1S/C15H24N4/c1-12(2)17-10-13(3)16-8-9-19-11-18-14-6-4-5-7-15(14)19/h4-7,11-13,16-17H,8-10H2,1-3H3. The van der Waals surface area contributed by atoms with Crippen LogP contribution in [-0.2, 0) is 6.54 Å². The van der Waals surface area contributed by atoms with E-state index in [4.69, 9.17) is 0 Å². The minimum Gasteiger partial charge on any atom is -0.329 e. The Morgan fingerprint density at radius 3 is 2.74 bits per heavy atom. The number of fused-ring (bicyclic) bond motifs is 1. The van der Waals surface area contributed by atoms with Crippen LogP contribution in [0.5, 0.6) is 0 Å². The van der Waals surface area contributed by atoms with Gasteiger partial charge in [0, 0.05) is 31.7 Å². The van der Waals surface area contributed by atoms with Crippen LogP contribution < -0.4 is 10.6 Å². The first kappa shape index (κ1) is 14.0. The molecule has 104 valence electrons. The highest BCUT2D eigenvalue weighted by molar-refractivity contribution is 5.74. The van der Waals surface area contributed by atoms with E-state index in [2.05, 4.69) is 59.2 Å². The highest BCUT2D eigenvalue weighted by Gasteiger charge is 2.03. The van der Waals surface area contributed by atoms with Gasteiger partial charge in [0.2, 0.25) is 0 Å². The molecular formula is C15H24N4. The summed E-state index contributed by atoms with van der Waals surface area (Å²) in [6.45, 7) is 9.46. The number of benzene rings is 1. The van der Waals surface area contributed by atoms with Crippen molar-refractivity contribution in [1.82, 2.24) is 20.2 Å². The molecular weight excluding hydrogens is 236 g/mol. The fraction of sp³-hybridized carbons (Fsp3) is 0.533. The van der Waals surface area contributed by atoms with E-state index >= 15 is 0 Å². The van der Waals surface area contributed by atoms with Crippen molar-refractivity contribution in [3.05, 3.63) is 30.6 Å². The van der Waals surface area contributed by atoms with Crippen LogP contribution in [0, 0.1) is 0 Å². The lowest BCUT2D eigenvalue weighted by atomic mass is 10.3. The van der Waals surface area contributed by atoms with E-state index in [1.807, 2.05) is 12.4 Å². The van der Waals surface area contributed by atoms with E-state index in [1.165, 1.54) is 5.52 Å². The average Bonchev–Trinajstić information content (AvgIpc) is 2.80. The van der Waals surface area contributed by atoms with Gasteiger partial charge in [0.1, 0.15) is 0 Å². The zero-order chi connectivity index (χ0) is 13.7. The average molecular weight is 260 g/mol. The Morgan fingerprint density at radius 1 is 1.16 bits per heavy atom. The number of hydrogen-bond acceptors (Lipinski definition) is 3. The lowest BCUT2D eigenvalue weighted by Gasteiger charge is -2.16. The molecule has 2 N–H and O–H groups in total. The Morgan fingerprint density at radius 2 is 1.95 bits per heavy atom. The van der Waals surface area contributed by atoms with Gasteiger partial charge in [0.25, 0.3) is 0 Å². The zero-order valence-corrected chi connectivity index (χ0v) is 12.1. The van der Waals surface area contributed by atoms with Gasteiger partial charge in [-0.3, -0.25) is 0 Å². The highest BCUT2D eigenvalue weighted by atomic mass is 15.1. The topological polar surface area (TPSA) is 41.9 Å². The van der Waals surface area contributed by atoms with Gasteiger partial charge in [0.05, 0.1) is 17.4 Å². The molecule has 0 saturated carbocycles. The second-order valence-corrected chi connectivity index (χ2v) is 5.34. The van der Waals surface area contributed by atoms with Crippen LogP contribution in [0.1, 0.15) is 20.8 Å². The molecule has 1 heterocycles. The van der Waals surface area contributed by atoms with Crippen LogP contribution in [0.3, 0.4) is 0 Å². The highest BCUT2D eigenvalue weighted by Crippen LogP contribution is 2.10. The van der Waals surface area contributed by atoms with E-state index in [-0.39, 0.29) is 0 Å². The molecule has 2 aromatic rings. The lowest BCUT2D eigenvalue weighted by molar-refractivity contribution is 0.463. The Hall–Kier alpha value is -1.39. The zero-order valence-electron chi connectivity index (χ0n) is 12.1. The summed E-state index contributed by atoms with van der Waals surface area (Å²) in [5.74, 6) is 0. The molecule has 4 nitrogen and oxygen atoms in total. The van der Waals surface area contributed by atoms with Gasteiger partial charge in [-0.1, -0.05) is 26.0 Å². The molecule has 0 radical (unpaired) electrons. The number of aromatic nitrogens is 2. The minimum atomic E-state index is 0.484. The van der Waals surface area contributed by atoms with Crippen LogP contribution in [0.2, 0.25) is 0 Å². The fourth-order valence-corrected chi connectivity index (χ4v) is 2.10. The Balaban J connectivity index is 1.79. The first-order valence-corrected chi connectivity index (χ1v) is 7.03. The number of nitrogens with one attached hydrogen (secondary N) is 2. The summed E-state index contributed by atoms with van der Waals surface area (Å²) in [5, 5.41) is 6.97. The Labute approximate surface area is 115 Å². The van der Waals surface area contributed by atoms with E-state index < -0.39 is 0 Å². The van der Waals surface area contributed by atoms with Gasteiger partial charge in [-0.15, -0.1) is 0 Å². The molecule has 0 saturated heterocycles. The summed E-state index contributed by atoms with van der Waals surface area (Å²) < 4.78 is 2.20. The summed E-state index contributed by atoms with van der Waals surface area (Å²) in [5.41, 5.74) is 2.27. The molecule has 0 fully saturated rings. The molecule has 2 rings (SSSR count). The molecule has 0 amide bonds. The maximum absolute atomic E-state index is 4.40. The van der Waals surface area contributed by atoms with Crippen LogP contribution in [-0.4, -0.2) is 34.7 Å². The smallest absolute Gasteiger partial charge is 0.0958 e. The van der Waals surface area contributed by atoms with Crippen LogP contribution in [0.4, 0.5) is 0 Å². The Kier molecular flexibility index (Phi) is 4.93. The third kappa shape index (κ3) is 4.04. The quantitative estimate of drug-likeness (QED) is 0.800. The number of para-hydroxylation sites is 2. The van der Waals surface area contributed by atoms with Crippen molar-refractivity contribution in [2.75, 3.05) is 13.1 Å². The molecule has 1 aromatic heterocycles. The number of rotatable bonds is 7. The summed E-state index contributed by atoms with van der Waals surface area (Å²) in [6, 6.07) is 9.28. The van der Waals surface area contributed by atoms with Gasteiger partial charge in [-0.05, 0) is 19.1 Å². The van der Waals surface area contributed by atoms with Crippen molar-refractivity contribution in [3.8, 4) is 0 Å². The van der Waals surface area contributed by atoms with Gasteiger partial charge < -0.3 is 15.2 Å². The van der Waals surface area contributed by atoms with Crippen molar-refractivity contribution in [2.45, 2.75) is 39.4 Å². The maximum atomic E-state index is 4.40. The van der Waals surface area contributed by atoms with Crippen molar-refractivity contribution in [3.63, 3.8) is 0 Å². The minimum absolute atomic E-state index is 0.484. The van der Waals surface area contributed by atoms with Gasteiger partial charge in [-0.2, -0.15) is 0 Å². The number of hydrogen-bond donors (Lipinski definition) is 2. The monoisotopic (exact) mass is 260 g/mol. The largest absolute Gasteiger partial charge is 0.329 e. The summed E-state index contributed by atoms with van der Waals surface area (Å²) in [7, 11) is 0. The van der Waals surface area contributed by atoms with Gasteiger partial charge in [-0.25, -0.2) is 4.98 Å². The summed E-state index contributed by atoms with van der Waals surface area (Å²) in [6.07, 6.45) is 1.92. The van der Waals surface area contributed by atoms with E-state index in [1.54, 1.807) is 0 Å². The second-order valence-electron chi connectivity index (χ2n) is 5.34. The summed E-state index contributed by atoms with van der Waals surface area (Å²) in [4.78, 5) is 4.40. The number of nitrogens with zero attached hydrogens (tertiary/aromatic N) is 2. The lowest BCUT2D eigenvalue weighted by Crippen LogP contribution is -2.40.